The molecule has 35 heavy (non-hydrogen) atoms. The molecular weight excluding hydrogens is 457 g/mol. The van der Waals surface area contributed by atoms with Crippen molar-refractivity contribution in [2.75, 3.05) is 23.7 Å². The van der Waals surface area contributed by atoms with E-state index in [4.69, 9.17) is 9.97 Å². The number of nitrogens with one attached hydrogen (secondary N) is 3. The first-order valence-corrected chi connectivity index (χ1v) is 11.4. The van der Waals surface area contributed by atoms with Gasteiger partial charge in [0.05, 0.1) is 11.7 Å². The second kappa shape index (κ2) is 8.73. The highest BCUT2D eigenvalue weighted by atomic mass is 19.2. The van der Waals surface area contributed by atoms with Crippen molar-refractivity contribution in [2.24, 2.45) is 0 Å². The smallest absolute Gasteiger partial charge is 0.251 e. The first-order valence-electron chi connectivity index (χ1n) is 11.4. The Morgan fingerprint density at radius 3 is 2.63 bits per heavy atom. The van der Waals surface area contributed by atoms with Gasteiger partial charge in [-0.1, -0.05) is 0 Å². The van der Waals surface area contributed by atoms with Crippen LogP contribution in [-0.4, -0.2) is 44.1 Å². The highest BCUT2D eigenvalue weighted by molar-refractivity contribution is 5.93. The molecule has 6 rings (SSSR count). The number of halogens is 3. The number of rotatable bonds is 6. The van der Waals surface area contributed by atoms with Crippen LogP contribution in [0.5, 0.6) is 0 Å². The lowest BCUT2D eigenvalue weighted by Crippen LogP contribution is -2.23. The molecule has 1 aliphatic carbocycles. The Kier molecular flexibility index (Phi) is 5.40. The zero-order valence-electron chi connectivity index (χ0n) is 18.5. The fourth-order valence-electron chi connectivity index (χ4n) is 4.31. The Bertz CT molecular complexity index is 1420. The van der Waals surface area contributed by atoms with E-state index in [1.807, 2.05) is 6.20 Å². The van der Waals surface area contributed by atoms with Crippen molar-refractivity contribution < 1.29 is 13.2 Å². The van der Waals surface area contributed by atoms with Crippen LogP contribution >= 0.6 is 0 Å². The van der Waals surface area contributed by atoms with Gasteiger partial charge in [-0.3, -0.25) is 4.98 Å². The lowest BCUT2D eigenvalue weighted by Gasteiger charge is -2.17. The predicted octanol–water partition coefficient (Wildman–Crippen LogP) is 4.29. The molecule has 1 unspecified atom stereocenters. The third-order valence-electron chi connectivity index (χ3n) is 6.21. The van der Waals surface area contributed by atoms with Crippen LogP contribution in [0.15, 0.2) is 36.8 Å². The van der Waals surface area contributed by atoms with E-state index >= 15 is 0 Å². The van der Waals surface area contributed by atoms with Crippen LogP contribution in [0, 0.1) is 17.6 Å². The number of hydrogen-bond acceptors (Lipinski definition) is 8. The number of nitrogens with zero attached hydrogens (tertiary/aromatic N) is 5. The SMILES string of the molecule is Fc1cc(F)c(Nc2cc(-c3nc(NC4CCNC4)c4c(C5CC5)cncc4n3)ccn2)nc1F. The average molecular weight is 478 g/mol. The van der Waals surface area contributed by atoms with Gasteiger partial charge in [-0.05, 0) is 49.4 Å². The van der Waals surface area contributed by atoms with Gasteiger partial charge in [0.2, 0.25) is 0 Å². The minimum absolute atomic E-state index is 0.183. The molecule has 2 aliphatic rings. The van der Waals surface area contributed by atoms with E-state index in [2.05, 4.69) is 30.9 Å². The number of fused-ring (bicyclic) bond motifs is 1. The minimum atomic E-state index is -1.40. The first kappa shape index (κ1) is 21.7. The van der Waals surface area contributed by atoms with Gasteiger partial charge < -0.3 is 16.0 Å². The van der Waals surface area contributed by atoms with E-state index in [0.29, 0.717) is 23.4 Å². The van der Waals surface area contributed by atoms with Crippen molar-refractivity contribution in [3.63, 3.8) is 0 Å². The topological polar surface area (TPSA) is 101 Å². The molecule has 4 aromatic heterocycles. The molecule has 0 bridgehead atoms. The molecule has 5 heterocycles. The van der Waals surface area contributed by atoms with Gasteiger partial charge >= 0.3 is 0 Å². The highest BCUT2D eigenvalue weighted by Gasteiger charge is 2.28. The van der Waals surface area contributed by atoms with Gasteiger partial charge in [-0.25, -0.2) is 23.7 Å². The predicted molar refractivity (Wildman–Crippen MR) is 125 cm³/mol. The highest BCUT2D eigenvalue weighted by Crippen LogP contribution is 2.44. The Morgan fingerprint density at radius 2 is 1.83 bits per heavy atom. The second-order valence-electron chi connectivity index (χ2n) is 8.77. The summed E-state index contributed by atoms with van der Waals surface area (Å²) < 4.78 is 40.8. The van der Waals surface area contributed by atoms with Crippen molar-refractivity contribution in [1.82, 2.24) is 30.2 Å². The summed E-state index contributed by atoms with van der Waals surface area (Å²) in [5, 5.41) is 10.5. The van der Waals surface area contributed by atoms with Crippen LogP contribution < -0.4 is 16.0 Å². The zero-order valence-corrected chi connectivity index (χ0v) is 18.5. The van der Waals surface area contributed by atoms with Crippen molar-refractivity contribution in [3.8, 4) is 11.4 Å². The molecule has 178 valence electrons. The number of pyridine rings is 3. The molecular formula is C24H21F3N8. The maximum Gasteiger partial charge on any atom is 0.251 e. The molecule has 1 aliphatic heterocycles. The second-order valence-corrected chi connectivity index (χ2v) is 8.77. The van der Waals surface area contributed by atoms with E-state index in [1.54, 1.807) is 18.3 Å². The maximum atomic E-state index is 14.1. The number of anilines is 3. The molecule has 1 saturated heterocycles. The first-order chi connectivity index (χ1) is 17.0. The Balaban J connectivity index is 1.40. The van der Waals surface area contributed by atoms with Gasteiger partial charge in [0, 0.05) is 42.0 Å². The summed E-state index contributed by atoms with van der Waals surface area (Å²) >= 11 is 0. The van der Waals surface area contributed by atoms with Gasteiger partial charge in [0.1, 0.15) is 11.6 Å². The quantitative estimate of drug-likeness (QED) is 0.353. The van der Waals surface area contributed by atoms with Crippen LogP contribution in [-0.2, 0) is 0 Å². The molecule has 1 saturated carbocycles. The van der Waals surface area contributed by atoms with E-state index in [-0.39, 0.29) is 11.9 Å². The monoisotopic (exact) mass is 478 g/mol. The lowest BCUT2D eigenvalue weighted by atomic mass is 10.1. The fourth-order valence-corrected chi connectivity index (χ4v) is 4.31. The number of hydrogen-bond donors (Lipinski definition) is 3. The van der Waals surface area contributed by atoms with Crippen LogP contribution in [0.3, 0.4) is 0 Å². The summed E-state index contributed by atoms with van der Waals surface area (Å²) in [7, 11) is 0. The van der Waals surface area contributed by atoms with Crippen LogP contribution in [0.2, 0.25) is 0 Å². The van der Waals surface area contributed by atoms with Crippen LogP contribution in [0.1, 0.15) is 30.7 Å². The molecule has 4 aromatic rings. The summed E-state index contributed by atoms with van der Waals surface area (Å²) in [5.41, 5.74) is 2.49. The molecule has 8 nitrogen and oxygen atoms in total. The van der Waals surface area contributed by atoms with Crippen molar-refractivity contribution >= 4 is 28.4 Å². The molecule has 0 radical (unpaired) electrons. The summed E-state index contributed by atoms with van der Waals surface area (Å²) in [6.45, 7) is 1.79. The van der Waals surface area contributed by atoms with Crippen LogP contribution in [0.25, 0.3) is 22.3 Å². The molecule has 0 amide bonds. The van der Waals surface area contributed by atoms with E-state index in [0.717, 1.165) is 54.6 Å². The van der Waals surface area contributed by atoms with Crippen molar-refractivity contribution in [2.45, 2.75) is 31.2 Å². The fraction of sp³-hybridized carbons (Fsp3) is 0.292. The van der Waals surface area contributed by atoms with Gasteiger partial charge in [0.15, 0.2) is 23.3 Å². The molecule has 0 spiro atoms. The van der Waals surface area contributed by atoms with Gasteiger partial charge in [0.25, 0.3) is 5.95 Å². The van der Waals surface area contributed by atoms with Crippen LogP contribution in [0.4, 0.5) is 30.6 Å². The number of aromatic nitrogens is 5. The normalized spacial score (nSPS) is 17.6. The Hall–Kier alpha value is -3.86. The third-order valence-corrected chi connectivity index (χ3v) is 6.21. The summed E-state index contributed by atoms with van der Waals surface area (Å²) in [5.74, 6) is -2.43. The molecule has 0 aromatic carbocycles. The van der Waals surface area contributed by atoms with E-state index in [9.17, 15) is 13.2 Å². The third kappa shape index (κ3) is 4.34. The Morgan fingerprint density at radius 1 is 0.943 bits per heavy atom. The zero-order chi connectivity index (χ0) is 23.9. The van der Waals surface area contributed by atoms with Crippen molar-refractivity contribution in [3.05, 3.63) is 59.9 Å². The lowest BCUT2D eigenvalue weighted by molar-refractivity contribution is 0.467. The summed E-state index contributed by atoms with van der Waals surface area (Å²) in [4.78, 5) is 21.5. The standard InChI is InChI=1S/C24H21F3N8/c25-16-8-17(26)23(34-21(16)27)33-19-7-13(3-6-30-19)22-32-18-11-29-10-15(12-1-2-12)20(18)24(35-22)31-14-4-5-28-9-14/h3,6-8,10-12,14,28H,1-2,4-5,9H2,(H,30,33,34)(H,31,32,35). The largest absolute Gasteiger partial charge is 0.365 e. The molecule has 11 heteroatoms. The van der Waals surface area contributed by atoms with E-state index < -0.39 is 23.4 Å². The average Bonchev–Trinajstić information content (AvgIpc) is 3.58. The van der Waals surface area contributed by atoms with Crippen molar-refractivity contribution in [1.29, 1.82) is 0 Å². The summed E-state index contributed by atoms with van der Waals surface area (Å²) in [6, 6.07) is 4.00. The minimum Gasteiger partial charge on any atom is -0.365 e. The van der Waals surface area contributed by atoms with Gasteiger partial charge in [-0.2, -0.15) is 9.37 Å². The van der Waals surface area contributed by atoms with Gasteiger partial charge in [-0.15, -0.1) is 0 Å². The summed E-state index contributed by atoms with van der Waals surface area (Å²) in [6.07, 6.45) is 8.36. The molecule has 1 atom stereocenters. The Labute approximate surface area is 198 Å². The van der Waals surface area contributed by atoms with E-state index in [1.165, 1.54) is 6.20 Å². The molecule has 3 N–H and O–H groups in total. The maximum absolute atomic E-state index is 14.1. The molecule has 2 fully saturated rings.